The van der Waals surface area contributed by atoms with E-state index < -0.39 is 6.10 Å². The maximum absolute atomic E-state index is 12.8. The Hall–Kier alpha value is -3.93. The fraction of sp³-hybridized carbons (Fsp3) is 0.656. The highest BCUT2D eigenvalue weighted by Crippen LogP contribution is 2.15. The molecule has 1 unspecified atom stereocenters. The molecule has 6 heteroatoms. The van der Waals surface area contributed by atoms with E-state index in [-0.39, 0.29) is 44.0 Å². The van der Waals surface area contributed by atoms with Gasteiger partial charge in [0.1, 0.15) is 13.2 Å². The standard InChI is InChI=1S/C61H100O6/c1-4-7-10-13-16-19-22-25-28-30-33-36-39-42-45-48-51-54-60(63)66-57-58(56-65-59(62)53-50-47-44-41-38-35-32-27-24-21-18-15-12-9-6-3)67-61(64)55-52-49-46-43-40-37-34-31-29-26-23-20-17-14-11-8-5-2/h7-8,10-11,16-17,19-20,25-26,28-29,33-34,36-37,42,45,58H,4-6,9,12-15,18,21-24,27,30-32,35,38-41,43-44,46-57H2,1-3H3/b10-7-,11-8-,19-16-,20-17-,28-25-,29-26-,36-33-,37-34-,45-42-. The lowest BCUT2D eigenvalue weighted by Gasteiger charge is -2.18. The first kappa shape index (κ1) is 63.1. The van der Waals surface area contributed by atoms with Crippen LogP contribution in [0.5, 0.6) is 0 Å². The molecule has 67 heavy (non-hydrogen) atoms. The lowest BCUT2D eigenvalue weighted by Crippen LogP contribution is -2.30. The van der Waals surface area contributed by atoms with E-state index >= 15 is 0 Å². The lowest BCUT2D eigenvalue weighted by atomic mass is 10.0. The summed E-state index contributed by atoms with van der Waals surface area (Å²) in [7, 11) is 0. The van der Waals surface area contributed by atoms with Crippen LogP contribution in [0.15, 0.2) is 109 Å². The Morgan fingerprint density at radius 1 is 0.313 bits per heavy atom. The normalized spacial score (nSPS) is 12.9. The van der Waals surface area contributed by atoms with Gasteiger partial charge in [-0.15, -0.1) is 0 Å². The number of esters is 3. The van der Waals surface area contributed by atoms with E-state index in [9.17, 15) is 14.4 Å². The fourth-order valence-electron chi connectivity index (χ4n) is 7.23. The first-order valence-electron chi connectivity index (χ1n) is 27.4. The van der Waals surface area contributed by atoms with Crippen molar-refractivity contribution >= 4 is 17.9 Å². The van der Waals surface area contributed by atoms with Crippen molar-refractivity contribution in [2.45, 2.75) is 245 Å². The van der Waals surface area contributed by atoms with Crippen LogP contribution in [0.1, 0.15) is 239 Å². The second kappa shape index (κ2) is 54.7. The van der Waals surface area contributed by atoms with Gasteiger partial charge < -0.3 is 14.2 Å². The van der Waals surface area contributed by atoms with Gasteiger partial charge in [-0.1, -0.05) is 233 Å². The zero-order valence-electron chi connectivity index (χ0n) is 43.4. The maximum Gasteiger partial charge on any atom is 0.306 e. The van der Waals surface area contributed by atoms with Crippen LogP contribution in [0.2, 0.25) is 0 Å². The van der Waals surface area contributed by atoms with Gasteiger partial charge in [0.15, 0.2) is 6.10 Å². The van der Waals surface area contributed by atoms with Gasteiger partial charge in [-0.05, 0) is 96.3 Å². The Balaban J connectivity index is 4.53. The number of carbonyl (C=O) groups excluding carboxylic acids is 3. The molecular weight excluding hydrogens is 829 g/mol. The molecule has 0 spiro atoms. The molecule has 0 bridgehead atoms. The maximum atomic E-state index is 12.8. The average molecular weight is 929 g/mol. The van der Waals surface area contributed by atoms with Gasteiger partial charge in [0.2, 0.25) is 0 Å². The highest BCUT2D eigenvalue weighted by atomic mass is 16.6. The molecule has 0 radical (unpaired) electrons. The summed E-state index contributed by atoms with van der Waals surface area (Å²) in [4.78, 5) is 38.1. The van der Waals surface area contributed by atoms with Gasteiger partial charge in [0, 0.05) is 19.3 Å². The molecule has 0 aliphatic rings. The van der Waals surface area contributed by atoms with E-state index in [1.165, 1.54) is 77.0 Å². The highest BCUT2D eigenvalue weighted by molar-refractivity contribution is 5.71. The SMILES string of the molecule is CC/C=C\C/C=C\C/C=C\C/C=C\C/C=C\CCCC(=O)OCC(COC(=O)CCCCCCCCCCCCCCCCC)OC(=O)CCCCCC/C=C\C/C=C\C/C=C\C/C=C\CC. The van der Waals surface area contributed by atoms with Gasteiger partial charge >= 0.3 is 17.9 Å². The van der Waals surface area contributed by atoms with Crippen LogP contribution in [0.3, 0.4) is 0 Å². The predicted octanol–water partition coefficient (Wildman–Crippen LogP) is 18.3. The molecule has 0 aromatic heterocycles. The lowest BCUT2D eigenvalue weighted by molar-refractivity contribution is -0.167. The number of allylic oxidation sites excluding steroid dienone is 18. The van der Waals surface area contributed by atoms with Gasteiger partial charge in [0.25, 0.3) is 0 Å². The van der Waals surface area contributed by atoms with Crippen LogP contribution in [0.25, 0.3) is 0 Å². The molecule has 1 atom stereocenters. The molecule has 0 saturated carbocycles. The Kier molecular flexibility index (Phi) is 51.5. The Bertz CT molecular complexity index is 1390. The molecule has 0 amide bonds. The monoisotopic (exact) mass is 929 g/mol. The van der Waals surface area contributed by atoms with Crippen LogP contribution >= 0.6 is 0 Å². The fourth-order valence-corrected chi connectivity index (χ4v) is 7.23. The minimum atomic E-state index is -0.814. The number of unbranched alkanes of at least 4 members (excludes halogenated alkanes) is 19. The smallest absolute Gasteiger partial charge is 0.306 e. The summed E-state index contributed by atoms with van der Waals surface area (Å²) < 4.78 is 16.8. The van der Waals surface area contributed by atoms with Crippen molar-refractivity contribution < 1.29 is 28.6 Å². The first-order chi connectivity index (χ1) is 33.0. The molecule has 0 aliphatic carbocycles. The van der Waals surface area contributed by atoms with Crippen molar-refractivity contribution in [3.63, 3.8) is 0 Å². The number of hydrogen-bond acceptors (Lipinski definition) is 6. The Morgan fingerprint density at radius 3 is 0.970 bits per heavy atom. The molecule has 0 rings (SSSR count). The summed E-state index contributed by atoms with van der Waals surface area (Å²) in [5.74, 6) is -0.991. The highest BCUT2D eigenvalue weighted by Gasteiger charge is 2.19. The summed E-state index contributed by atoms with van der Waals surface area (Å²) in [6.07, 6.45) is 73.6. The molecule has 0 heterocycles. The van der Waals surface area contributed by atoms with Gasteiger partial charge in [-0.25, -0.2) is 0 Å². The molecule has 0 aromatic carbocycles. The second-order valence-electron chi connectivity index (χ2n) is 17.7. The van der Waals surface area contributed by atoms with Gasteiger partial charge in [-0.2, -0.15) is 0 Å². The van der Waals surface area contributed by atoms with Crippen molar-refractivity contribution in [2.24, 2.45) is 0 Å². The zero-order valence-corrected chi connectivity index (χ0v) is 43.4. The van der Waals surface area contributed by atoms with Crippen molar-refractivity contribution in [1.29, 1.82) is 0 Å². The number of hydrogen-bond donors (Lipinski definition) is 0. The van der Waals surface area contributed by atoms with E-state index in [0.29, 0.717) is 12.8 Å². The summed E-state index contributed by atoms with van der Waals surface area (Å²) in [6.45, 7) is 6.34. The van der Waals surface area contributed by atoms with E-state index in [4.69, 9.17) is 14.2 Å². The third-order valence-corrected chi connectivity index (χ3v) is 11.3. The van der Waals surface area contributed by atoms with E-state index in [0.717, 1.165) is 116 Å². The van der Waals surface area contributed by atoms with Crippen LogP contribution in [-0.4, -0.2) is 37.2 Å². The number of carbonyl (C=O) groups is 3. The van der Waals surface area contributed by atoms with Crippen LogP contribution in [0.4, 0.5) is 0 Å². The van der Waals surface area contributed by atoms with Crippen LogP contribution < -0.4 is 0 Å². The third-order valence-electron chi connectivity index (χ3n) is 11.3. The molecule has 0 fully saturated rings. The van der Waals surface area contributed by atoms with Gasteiger partial charge in [0.05, 0.1) is 0 Å². The summed E-state index contributed by atoms with van der Waals surface area (Å²) in [5, 5.41) is 0. The first-order valence-corrected chi connectivity index (χ1v) is 27.4. The van der Waals surface area contributed by atoms with Crippen LogP contribution in [0, 0.1) is 0 Å². The summed E-state index contributed by atoms with van der Waals surface area (Å²) >= 11 is 0. The quantitative estimate of drug-likeness (QED) is 0.0262. The van der Waals surface area contributed by atoms with Crippen molar-refractivity contribution in [2.75, 3.05) is 13.2 Å². The molecule has 0 N–H and O–H groups in total. The van der Waals surface area contributed by atoms with E-state index in [1.807, 2.05) is 0 Å². The Morgan fingerprint density at radius 2 is 0.597 bits per heavy atom. The molecule has 0 saturated heterocycles. The largest absolute Gasteiger partial charge is 0.462 e. The minimum absolute atomic E-state index is 0.106. The topological polar surface area (TPSA) is 78.9 Å². The van der Waals surface area contributed by atoms with E-state index in [1.54, 1.807) is 0 Å². The van der Waals surface area contributed by atoms with Crippen LogP contribution in [-0.2, 0) is 28.6 Å². The third kappa shape index (κ3) is 52.9. The predicted molar refractivity (Wildman–Crippen MR) is 288 cm³/mol. The molecule has 0 aromatic rings. The van der Waals surface area contributed by atoms with Crippen molar-refractivity contribution in [3.05, 3.63) is 109 Å². The van der Waals surface area contributed by atoms with Crippen molar-refractivity contribution in [1.82, 2.24) is 0 Å². The molecule has 6 nitrogen and oxygen atoms in total. The molecular formula is C61H100O6. The number of rotatable bonds is 48. The average Bonchev–Trinajstić information content (AvgIpc) is 3.33. The number of ether oxygens (including phenoxy) is 3. The summed E-state index contributed by atoms with van der Waals surface area (Å²) in [6, 6.07) is 0. The Labute approximate surface area is 412 Å². The minimum Gasteiger partial charge on any atom is -0.462 e. The summed E-state index contributed by atoms with van der Waals surface area (Å²) in [5.41, 5.74) is 0. The van der Waals surface area contributed by atoms with Crippen molar-refractivity contribution in [3.8, 4) is 0 Å². The zero-order chi connectivity index (χ0) is 48.6. The van der Waals surface area contributed by atoms with Gasteiger partial charge in [-0.3, -0.25) is 14.4 Å². The van der Waals surface area contributed by atoms with E-state index in [2.05, 4.69) is 130 Å². The molecule has 0 aliphatic heterocycles. The molecule has 380 valence electrons. The second-order valence-corrected chi connectivity index (χ2v) is 17.7.